The molecule has 4 aromatic rings. The average molecular weight is 473 g/mol. The Balaban J connectivity index is 1.25. The van der Waals surface area contributed by atoms with E-state index >= 15 is 0 Å². The van der Waals surface area contributed by atoms with Gasteiger partial charge < -0.3 is 16.0 Å². The topological polar surface area (TPSA) is 48.5 Å². The summed E-state index contributed by atoms with van der Waals surface area (Å²) in [6.07, 6.45) is 4.40. The first-order chi connectivity index (χ1) is 17.3. The summed E-state index contributed by atoms with van der Waals surface area (Å²) < 4.78 is 0. The van der Waals surface area contributed by atoms with E-state index in [0.29, 0.717) is 0 Å². The van der Waals surface area contributed by atoms with Gasteiger partial charge in [0.2, 0.25) is 0 Å². The summed E-state index contributed by atoms with van der Waals surface area (Å²) >= 11 is 1.85. The third-order valence-corrected chi connectivity index (χ3v) is 8.04. The van der Waals surface area contributed by atoms with Crippen molar-refractivity contribution in [2.75, 3.05) is 17.2 Å². The number of nitrogens with zero attached hydrogens (tertiary/aromatic N) is 1. The maximum Gasteiger partial charge on any atom is 0.131 e. The Bertz CT molecular complexity index is 1510. The highest BCUT2D eigenvalue weighted by Crippen LogP contribution is 2.42. The van der Waals surface area contributed by atoms with Crippen LogP contribution in [0.4, 0.5) is 11.4 Å². The van der Waals surface area contributed by atoms with Crippen molar-refractivity contribution in [2.45, 2.75) is 16.3 Å². The number of hydrogen-bond donors (Lipinski definition) is 3. The molecular weight excluding hydrogens is 448 g/mol. The number of allylic oxidation sites excluding steroid dienone is 2. The number of dihydropyridines is 1. The quantitative estimate of drug-likeness (QED) is 0.310. The van der Waals surface area contributed by atoms with Crippen LogP contribution in [-0.2, 0) is 0 Å². The molecule has 4 nitrogen and oxygen atoms in total. The summed E-state index contributed by atoms with van der Waals surface area (Å²) in [4.78, 5) is 6.52. The van der Waals surface area contributed by atoms with E-state index < -0.39 is 0 Å². The zero-order valence-electron chi connectivity index (χ0n) is 19.0. The van der Waals surface area contributed by atoms with Gasteiger partial charge in [0.15, 0.2) is 0 Å². The molecule has 0 bridgehead atoms. The van der Waals surface area contributed by atoms with Crippen LogP contribution < -0.4 is 16.0 Å². The molecule has 3 N–H and O–H groups in total. The molecule has 0 saturated heterocycles. The molecule has 2 unspecified atom stereocenters. The van der Waals surface area contributed by atoms with E-state index in [2.05, 4.69) is 119 Å². The Morgan fingerprint density at radius 1 is 0.800 bits per heavy atom. The first-order valence-electron chi connectivity index (χ1n) is 11.9. The molecule has 3 heterocycles. The van der Waals surface area contributed by atoms with Crippen LogP contribution in [0.2, 0.25) is 0 Å². The molecule has 5 heteroatoms. The van der Waals surface area contributed by atoms with Crippen molar-refractivity contribution in [3.8, 4) is 0 Å². The predicted octanol–water partition coefficient (Wildman–Crippen LogP) is 6.71. The van der Waals surface area contributed by atoms with Gasteiger partial charge in [0.05, 0.1) is 5.69 Å². The summed E-state index contributed by atoms with van der Waals surface area (Å²) in [6.45, 7) is 0.731. The van der Waals surface area contributed by atoms with E-state index in [4.69, 9.17) is 4.99 Å². The third kappa shape index (κ3) is 3.60. The SMILES string of the molecule is C1=C(C2=NC(c3ccccc3)c3ccc4ccccc4c3N2)CNC(C2Nc3ccccc3S2)=C1. The van der Waals surface area contributed by atoms with Crippen LogP contribution in [0.15, 0.2) is 124 Å². The second kappa shape index (κ2) is 8.36. The molecule has 4 aromatic carbocycles. The molecule has 3 aliphatic heterocycles. The second-order valence-corrected chi connectivity index (χ2v) is 10.1. The number of thioether (sulfide) groups is 1. The summed E-state index contributed by atoms with van der Waals surface area (Å²) in [5.41, 5.74) is 7.12. The van der Waals surface area contributed by atoms with Crippen LogP contribution >= 0.6 is 11.8 Å². The van der Waals surface area contributed by atoms with Gasteiger partial charge in [0, 0.05) is 39.3 Å². The smallest absolute Gasteiger partial charge is 0.131 e. The van der Waals surface area contributed by atoms with Crippen molar-refractivity contribution in [1.29, 1.82) is 0 Å². The molecule has 0 spiro atoms. The fraction of sp³-hybridized carbons (Fsp3) is 0.100. The largest absolute Gasteiger partial charge is 0.382 e. The summed E-state index contributed by atoms with van der Waals surface area (Å²) in [5, 5.41) is 13.6. The normalized spacial score (nSPS) is 20.4. The minimum Gasteiger partial charge on any atom is -0.382 e. The van der Waals surface area contributed by atoms with Crippen molar-refractivity contribution in [2.24, 2.45) is 4.99 Å². The molecule has 0 amide bonds. The molecule has 0 aromatic heterocycles. The molecule has 170 valence electrons. The lowest BCUT2D eigenvalue weighted by Gasteiger charge is -2.29. The third-order valence-electron chi connectivity index (χ3n) is 6.82. The molecule has 0 aliphatic carbocycles. The molecule has 3 aliphatic rings. The van der Waals surface area contributed by atoms with Crippen LogP contribution in [0.5, 0.6) is 0 Å². The van der Waals surface area contributed by atoms with Crippen molar-refractivity contribution in [3.63, 3.8) is 0 Å². The minimum atomic E-state index is -0.0418. The van der Waals surface area contributed by atoms with Crippen molar-refractivity contribution in [1.82, 2.24) is 5.32 Å². The van der Waals surface area contributed by atoms with Crippen molar-refractivity contribution >= 4 is 39.7 Å². The maximum absolute atomic E-state index is 5.23. The van der Waals surface area contributed by atoms with Crippen LogP contribution in [0.25, 0.3) is 10.8 Å². The lowest BCUT2D eigenvalue weighted by Crippen LogP contribution is -2.34. The minimum absolute atomic E-state index is 0.0418. The fourth-order valence-electron chi connectivity index (χ4n) is 5.03. The van der Waals surface area contributed by atoms with Gasteiger partial charge in [-0.05, 0) is 29.2 Å². The molecule has 7 rings (SSSR count). The maximum atomic E-state index is 5.23. The van der Waals surface area contributed by atoms with Crippen LogP contribution in [-0.4, -0.2) is 17.8 Å². The molecule has 0 fully saturated rings. The number of fused-ring (bicyclic) bond motifs is 4. The van der Waals surface area contributed by atoms with Crippen LogP contribution in [0.1, 0.15) is 17.2 Å². The van der Waals surface area contributed by atoms with E-state index in [9.17, 15) is 0 Å². The first kappa shape index (κ1) is 20.4. The van der Waals surface area contributed by atoms with E-state index in [1.807, 2.05) is 11.8 Å². The predicted molar refractivity (Wildman–Crippen MR) is 147 cm³/mol. The van der Waals surface area contributed by atoms with E-state index in [-0.39, 0.29) is 11.4 Å². The van der Waals surface area contributed by atoms with Gasteiger partial charge in [-0.1, -0.05) is 96.7 Å². The summed E-state index contributed by atoms with van der Waals surface area (Å²) in [5.74, 6) is 0.931. The zero-order chi connectivity index (χ0) is 23.2. The van der Waals surface area contributed by atoms with E-state index in [1.165, 1.54) is 38.2 Å². The number of benzene rings is 4. The lowest BCUT2D eigenvalue weighted by molar-refractivity contribution is 0.825. The van der Waals surface area contributed by atoms with Crippen molar-refractivity contribution < 1.29 is 0 Å². The van der Waals surface area contributed by atoms with Crippen LogP contribution in [0.3, 0.4) is 0 Å². The number of aliphatic imine (C=N–C) groups is 1. The first-order valence-corrected chi connectivity index (χ1v) is 12.8. The zero-order valence-corrected chi connectivity index (χ0v) is 19.8. The Kier molecular flexibility index (Phi) is 4.88. The Morgan fingerprint density at radius 2 is 1.63 bits per heavy atom. The van der Waals surface area contributed by atoms with Gasteiger partial charge in [-0.15, -0.1) is 0 Å². The number of hydrogen-bond acceptors (Lipinski definition) is 5. The number of amidine groups is 1. The number of rotatable bonds is 3. The standard InChI is InChI=1S/C30H24N4S/c1-2-9-20(10-3-1)27-23-16-14-19-8-4-5-11-22(19)28(23)34-29(33-27)21-15-17-25(31-18-21)30-32-24-12-6-7-13-26(24)35-30/h1-17,27,30-32H,18H2,(H,33,34). The van der Waals surface area contributed by atoms with E-state index in [1.54, 1.807) is 0 Å². The van der Waals surface area contributed by atoms with Crippen molar-refractivity contribution in [3.05, 3.63) is 126 Å². The van der Waals surface area contributed by atoms with Gasteiger partial charge >= 0.3 is 0 Å². The number of para-hydroxylation sites is 1. The number of anilines is 2. The Labute approximate surface area is 208 Å². The van der Waals surface area contributed by atoms with Crippen LogP contribution in [0, 0.1) is 0 Å². The summed E-state index contributed by atoms with van der Waals surface area (Å²) in [7, 11) is 0. The summed E-state index contributed by atoms with van der Waals surface area (Å²) in [6, 6.07) is 32.0. The molecule has 0 radical (unpaired) electrons. The lowest BCUT2D eigenvalue weighted by atomic mass is 9.92. The highest BCUT2D eigenvalue weighted by Gasteiger charge is 2.28. The molecule has 35 heavy (non-hydrogen) atoms. The average Bonchev–Trinajstić information content (AvgIpc) is 3.37. The van der Waals surface area contributed by atoms with Gasteiger partial charge in [-0.3, -0.25) is 4.99 Å². The highest BCUT2D eigenvalue weighted by atomic mass is 32.2. The second-order valence-electron chi connectivity index (χ2n) is 8.97. The Morgan fingerprint density at radius 3 is 2.49 bits per heavy atom. The van der Waals surface area contributed by atoms with E-state index in [0.717, 1.165) is 23.6 Å². The highest BCUT2D eigenvalue weighted by molar-refractivity contribution is 8.00. The monoisotopic (exact) mass is 472 g/mol. The molecule has 2 atom stereocenters. The van der Waals surface area contributed by atoms with Gasteiger partial charge in [-0.25, -0.2) is 0 Å². The number of nitrogens with one attached hydrogen (secondary N) is 3. The molecular formula is C30H24N4S. The van der Waals surface area contributed by atoms with Gasteiger partial charge in [-0.2, -0.15) is 0 Å². The molecule has 0 saturated carbocycles. The van der Waals surface area contributed by atoms with Gasteiger partial charge in [0.25, 0.3) is 0 Å². The fourth-order valence-corrected chi connectivity index (χ4v) is 6.17. The van der Waals surface area contributed by atoms with Gasteiger partial charge in [0.1, 0.15) is 17.3 Å². The Hall–Kier alpha value is -3.96.